The van der Waals surface area contributed by atoms with Gasteiger partial charge in [-0.15, -0.1) is 0 Å². The van der Waals surface area contributed by atoms with Crippen LogP contribution in [0, 0.1) is 5.82 Å². The molecule has 5 nitrogen and oxygen atoms in total. The molecule has 2 heterocycles. The molecule has 3 aromatic rings. The molecule has 9 heteroatoms. The molecule has 0 saturated carbocycles. The lowest BCUT2D eigenvalue weighted by atomic mass is 10.3. The normalized spacial score (nSPS) is 11.0. The number of rotatable bonds is 2. The van der Waals surface area contributed by atoms with E-state index in [9.17, 15) is 4.39 Å². The Morgan fingerprint density at radius 3 is 2.50 bits per heavy atom. The van der Waals surface area contributed by atoms with Gasteiger partial charge in [0.25, 0.3) is 5.78 Å². The first kappa shape index (κ1) is 13.4. The van der Waals surface area contributed by atoms with Crippen LogP contribution in [0.4, 0.5) is 15.9 Å². The van der Waals surface area contributed by atoms with Crippen molar-refractivity contribution in [1.82, 2.24) is 19.6 Å². The summed E-state index contributed by atoms with van der Waals surface area (Å²) in [6.07, 6.45) is 1.34. The Morgan fingerprint density at radius 1 is 1.10 bits per heavy atom. The van der Waals surface area contributed by atoms with E-state index in [1.807, 2.05) is 0 Å². The molecule has 0 aliphatic heterocycles. The summed E-state index contributed by atoms with van der Waals surface area (Å²) in [6, 6.07) is 4.36. The monoisotopic (exact) mass is 331 g/mol. The van der Waals surface area contributed by atoms with Crippen molar-refractivity contribution in [2.24, 2.45) is 0 Å². The Kier molecular flexibility index (Phi) is 3.37. The van der Waals surface area contributed by atoms with E-state index in [1.54, 1.807) is 6.07 Å². The summed E-state index contributed by atoms with van der Waals surface area (Å²) < 4.78 is 14.8. The van der Waals surface area contributed by atoms with Crippen LogP contribution in [0.5, 0.6) is 0 Å². The van der Waals surface area contributed by atoms with Crippen LogP contribution >= 0.6 is 34.8 Å². The molecule has 1 N–H and O–H groups in total. The number of anilines is 2. The largest absolute Gasteiger partial charge is 0.340 e. The van der Waals surface area contributed by atoms with Crippen LogP contribution in [0.25, 0.3) is 5.78 Å². The number of hydrogen-bond donors (Lipinski definition) is 1. The van der Waals surface area contributed by atoms with Gasteiger partial charge in [0.2, 0.25) is 0 Å². The molecule has 0 atom stereocenters. The SMILES string of the molecule is Fc1c(Cl)cc(Nc2cc(Cl)nc3ncnn23)cc1Cl. The zero-order chi connectivity index (χ0) is 14.3. The predicted octanol–water partition coefficient (Wildman–Crippen LogP) is 3.97. The molecular formula is C11H5Cl3FN5. The number of hydrogen-bond acceptors (Lipinski definition) is 4. The van der Waals surface area contributed by atoms with Gasteiger partial charge in [0.15, 0.2) is 5.82 Å². The van der Waals surface area contributed by atoms with Crippen LogP contribution in [0.1, 0.15) is 0 Å². The van der Waals surface area contributed by atoms with Gasteiger partial charge < -0.3 is 5.32 Å². The summed E-state index contributed by atoms with van der Waals surface area (Å²) >= 11 is 17.4. The lowest BCUT2D eigenvalue weighted by Crippen LogP contribution is -2.02. The fourth-order valence-corrected chi connectivity index (χ4v) is 2.31. The van der Waals surface area contributed by atoms with Crippen molar-refractivity contribution in [3.05, 3.63) is 45.5 Å². The minimum atomic E-state index is -0.669. The molecule has 0 unspecified atom stereocenters. The van der Waals surface area contributed by atoms with Crippen molar-refractivity contribution >= 4 is 52.1 Å². The number of halogens is 4. The van der Waals surface area contributed by atoms with E-state index < -0.39 is 5.82 Å². The highest BCUT2D eigenvalue weighted by molar-refractivity contribution is 6.35. The van der Waals surface area contributed by atoms with Gasteiger partial charge >= 0.3 is 0 Å². The number of aromatic nitrogens is 4. The summed E-state index contributed by atoms with van der Waals surface area (Å²) in [5.74, 6) is 0.160. The summed E-state index contributed by atoms with van der Waals surface area (Å²) in [6.45, 7) is 0. The molecule has 0 spiro atoms. The summed E-state index contributed by atoms with van der Waals surface area (Å²) in [5, 5.41) is 7.05. The van der Waals surface area contributed by atoms with E-state index in [-0.39, 0.29) is 15.2 Å². The lowest BCUT2D eigenvalue weighted by molar-refractivity contribution is 0.629. The molecule has 20 heavy (non-hydrogen) atoms. The van der Waals surface area contributed by atoms with Crippen LogP contribution in [-0.4, -0.2) is 19.6 Å². The Labute approximate surface area is 127 Å². The molecule has 0 aliphatic rings. The number of fused-ring (bicyclic) bond motifs is 1. The first-order valence-electron chi connectivity index (χ1n) is 5.32. The zero-order valence-corrected chi connectivity index (χ0v) is 11.9. The fourth-order valence-electron chi connectivity index (χ4n) is 1.65. The lowest BCUT2D eigenvalue weighted by Gasteiger charge is -2.09. The molecule has 0 amide bonds. The van der Waals surface area contributed by atoms with Crippen molar-refractivity contribution in [2.45, 2.75) is 0 Å². The van der Waals surface area contributed by atoms with Crippen molar-refractivity contribution in [1.29, 1.82) is 0 Å². The van der Waals surface area contributed by atoms with Gasteiger partial charge in [0.05, 0.1) is 10.0 Å². The minimum absolute atomic E-state index is 0.0880. The van der Waals surface area contributed by atoms with Gasteiger partial charge in [-0.2, -0.15) is 19.6 Å². The van der Waals surface area contributed by atoms with E-state index in [4.69, 9.17) is 34.8 Å². The van der Waals surface area contributed by atoms with Crippen LogP contribution in [0.15, 0.2) is 24.5 Å². The van der Waals surface area contributed by atoms with Crippen LogP contribution in [0.3, 0.4) is 0 Å². The first-order valence-corrected chi connectivity index (χ1v) is 6.46. The molecule has 1 aromatic carbocycles. The quantitative estimate of drug-likeness (QED) is 0.570. The van der Waals surface area contributed by atoms with Gasteiger partial charge in [-0.25, -0.2) is 4.39 Å². The van der Waals surface area contributed by atoms with E-state index in [0.717, 1.165) is 0 Å². The topological polar surface area (TPSA) is 55.1 Å². The molecule has 3 rings (SSSR count). The minimum Gasteiger partial charge on any atom is -0.340 e. The maximum absolute atomic E-state index is 13.4. The summed E-state index contributed by atoms with van der Waals surface area (Å²) in [7, 11) is 0. The first-order chi connectivity index (χ1) is 9.54. The van der Waals surface area contributed by atoms with E-state index in [0.29, 0.717) is 17.3 Å². The highest BCUT2D eigenvalue weighted by atomic mass is 35.5. The average molecular weight is 333 g/mol. The zero-order valence-electron chi connectivity index (χ0n) is 9.61. The third-order valence-corrected chi connectivity index (χ3v) is 3.22. The average Bonchev–Trinajstić information content (AvgIpc) is 2.84. The molecule has 102 valence electrons. The standard InChI is InChI=1S/C11H5Cl3FN5/c12-6-1-5(2-7(13)10(6)15)18-9-3-8(14)19-11-16-4-17-20(9)11/h1-4,18H. The second kappa shape index (κ2) is 5.05. The smallest absolute Gasteiger partial charge is 0.255 e. The molecule has 0 fully saturated rings. The third-order valence-electron chi connectivity index (χ3n) is 2.48. The van der Waals surface area contributed by atoms with Crippen LogP contribution in [-0.2, 0) is 0 Å². The number of benzene rings is 1. The summed E-state index contributed by atoms with van der Waals surface area (Å²) in [5.41, 5.74) is 0.487. The molecular weight excluding hydrogens is 328 g/mol. The highest BCUT2D eigenvalue weighted by Crippen LogP contribution is 2.29. The van der Waals surface area contributed by atoms with Gasteiger partial charge in [-0.05, 0) is 12.1 Å². The Balaban J connectivity index is 2.07. The van der Waals surface area contributed by atoms with Gasteiger partial charge in [0.1, 0.15) is 17.3 Å². The Morgan fingerprint density at radius 2 is 1.80 bits per heavy atom. The van der Waals surface area contributed by atoms with Gasteiger partial charge in [0, 0.05) is 11.8 Å². The number of nitrogens with one attached hydrogen (secondary N) is 1. The molecule has 0 radical (unpaired) electrons. The van der Waals surface area contributed by atoms with E-state index >= 15 is 0 Å². The Bertz CT molecular complexity index is 781. The molecule has 2 aromatic heterocycles. The van der Waals surface area contributed by atoms with E-state index in [2.05, 4.69) is 20.4 Å². The Hall–Kier alpha value is -1.63. The third kappa shape index (κ3) is 2.37. The molecule has 0 saturated heterocycles. The molecule has 0 bridgehead atoms. The maximum Gasteiger partial charge on any atom is 0.255 e. The summed E-state index contributed by atoms with van der Waals surface area (Å²) in [4.78, 5) is 7.93. The van der Waals surface area contributed by atoms with Crippen molar-refractivity contribution in [3.63, 3.8) is 0 Å². The van der Waals surface area contributed by atoms with Crippen molar-refractivity contribution < 1.29 is 4.39 Å². The second-order valence-corrected chi connectivity index (χ2v) is 5.02. The van der Waals surface area contributed by atoms with Crippen LogP contribution < -0.4 is 5.32 Å². The van der Waals surface area contributed by atoms with Crippen molar-refractivity contribution in [2.75, 3.05) is 5.32 Å². The van der Waals surface area contributed by atoms with Crippen LogP contribution in [0.2, 0.25) is 15.2 Å². The van der Waals surface area contributed by atoms with Gasteiger partial charge in [-0.1, -0.05) is 34.8 Å². The highest BCUT2D eigenvalue weighted by Gasteiger charge is 2.10. The predicted molar refractivity (Wildman–Crippen MR) is 75.5 cm³/mol. The maximum atomic E-state index is 13.4. The fraction of sp³-hybridized carbons (Fsp3) is 0. The van der Waals surface area contributed by atoms with E-state index in [1.165, 1.54) is 23.0 Å². The number of nitrogens with zero attached hydrogens (tertiary/aromatic N) is 4. The molecule has 0 aliphatic carbocycles. The second-order valence-electron chi connectivity index (χ2n) is 3.81. The van der Waals surface area contributed by atoms with Gasteiger partial charge in [-0.3, -0.25) is 0 Å². The van der Waals surface area contributed by atoms with Crippen molar-refractivity contribution in [3.8, 4) is 0 Å².